The topological polar surface area (TPSA) is 9.23 Å². The van der Waals surface area contributed by atoms with Crippen molar-refractivity contribution >= 4 is 23.2 Å². The Hall–Kier alpha value is -1.18. The molecule has 0 saturated carbocycles. The fraction of sp³-hybridized carbons (Fsp3) is 0.294. The van der Waals surface area contributed by atoms with Gasteiger partial charge < -0.3 is 4.74 Å². The zero-order valence-corrected chi connectivity index (χ0v) is 13.4. The summed E-state index contributed by atoms with van der Waals surface area (Å²) >= 11 is 12.7. The highest BCUT2D eigenvalue weighted by atomic mass is 35.5. The summed E-state index contributed by atoms with van der Waals surface area (Å²) in [6.07, 6.45) is 0. The van der Waals surface area contributed by atoms with Gasteiger partial charge in [-0.15, -0.1) is 11.6 Å². The Balaban J connectivity index is 2.43. The van der Waals surface area contributed by atoms with Gasteiger partial charge in [-0.1, -0.05) is 41.4 Å². The van der Waals surface area contributed by atoms with E-state index in [4.69, 9.17) is 27.9 Å². The average molecular weight is 309 g/mol. The number of rotatable bonds is 4. The normalized spacial score (nSPS) is 12.2. The molecule has 0 aliphatic carbocycles. The summed E-state index contributed by atoms with van der Waals surface area (Å²) in [5.41, 5.74) is 4.22. The van der Waals surface area contributed by atoms with Gasteiger partial charge in [-0.2, -0.15) is 0 Å². The molecular formula is C17H18Cl2O. The van der Waals surface area contributed by atoms with Crippen molar-refractivity contribution in [3.8, 4) is 5.75 Å². The van der Waals surface area contributed by atoms with Crippen LogP contribution in [0.4, 0.5) is 0 Å². The van der Waals surface area contributed by atoms with Gasteiger partial charge in [-0.05, 0) is 44.0 Å². The maximum Gasteiger partial charge on any atom is 0.124 e. The van der Waals surface area contributed by atoms with Crippen LogP contribution in [0, 0.1) is 13.8 Å². The highest BCUT2D eigenvalue weighted by Gasteiger charge is 2.16. The molecule has 0 aromatic heterocycles. The minimum absolute atomic E-state index is 0.243. The molecule has 0 spiro atoms. The van der Waals surface area contributed by atoms with Crippen molar-refractivity contribution in [1.29, 1.82) is 0 Å². The van der Waals surface area contributed by atoms with E-state index in [1.165, 1.54) is 5.56 Å². The second-order valence-corrected chi connectivity index (χ2v) is 5.69. The lowest BCUT2D eigenvalue weighted by Crippen LogP contribution is -2.01. The molecule has 20 heavy (non-hydrogen) atoms. The first kappa shape index (κ1) is 15.2. The standard InChI is InChI=1S/C17H18Cl2O/c1-4-20-16-8-5-11(2)9-14(16)17(19)13-6-7-15(18)12(3)10-13/h5-10,17H,4H2,1-3H3. The molecule has 1 nitrogen and oxygen atoms in total. The second-order valence-electron chi connectivity index (χ2n) is 4.85. The quantitative estimate of drug-likeness (QED) is 0.660. The van der Waals surface area contributed by atoms with Crippen molar-refractivity contribution in [2.45, 2.75) is 26.1 Å². The van der Waals surface area contributed by atoms with E-state index >= 15 is 0 Å². The monoisotopic (exact) mass is 308 g/mol. The molecule has 0 aliphatic rings. The van der Waals surface area contributed by atoms with Crippen LogP contribution in [0.1, 0.15) is 34.6 Å². The predicted molar refractivity (Wildman–Crippen MR) is 86.2 cm³/mol. The van der Waals surface area contributed by atoms with Crippen molar-refractivity contribution in [2.75, 3.05) is 6.61 Å². The van der Waals surface area contributed by atoms with Crippen LogP contribution in [-0.4, -0.2) is 6.61 Å². The number of halogens is 2. The molecule has 0 fully saturated rings. The van der Waals surface area contributed by atoms with Crippen LogP contribution in [0.15, 0.2) is 36.4 Å². The molecule has 0 aliphatic heterocycles. The number of hydrogen-bond donors (Lipinski definition) is 0. The summed E-state index contributed by atoms with van der Waals surface area (Å²) in [5, 5.41) is 0.513. The van der Waals surface area contributed by atoms with Crippen LogP contribution in [0.25, 0.3) is 0 Å². The Bertz CT molecular complexity index is 608. The molecule has 2 aromatic rings. The summed E-state index contributed by atoms with van der Waals surface area (Å²) in [5.74, 6) is 0.839. The molecule has 0 N–H and O–H groups in total. The van der Waals surface area contributed by atoms with Gasteiger partial charge in [0.05, 0.1) is 12.0 Å². The first-order valence-corrected chi connectivity index (χ1v) is 7.47. The fourth-order valence-corrected chi connectivity index (χ4v) is 2.58. The van der Waals surface area contributed by atoms with Gasteiger partial charge in [0.2, 0.25) is 0 Å². The van der Waals surface area contributed by atoms with Crippen LogP contribution in [0.5, 0.6) is 5.75 Å². The lowest BCUT2D eigenvalue weighted by atomic mass is 10.00. The average Bonchev–Trinajstić information content (AvgIpc) is 2.43. The molecule has 0 saturated heterocycles. The van der Waals surface area contributed by atoms with Gasteiger partial charge >= 0.3 is 0 Å². The van der Waals surface area contributed by atoms with E-state index in [0.29, 0.717) is 6.61 Å². The zero-order valence-electron chi connectivity index (χ0n) is 11.9. The Morgan fingerprint density at radius 3 is 2.50 bits per heavy atom. The van der Waals surface area contributed by atoms with Gasteiger partial charge in [0.15, 0.2) is 0 Å². The van der Waals surface area contributed by atoms with Crippen molar-refractivity contribution < 1.29 is 4.74 Å². The van der Waals surface area contributed by atoms with Crippen molar-refractivity contribution in [3.63, 3.8) is 0 Å². The third-order valence-corrected chi connectivity index (χ3v) is 4.12. The van der Waals surface area contributed by atoms with Crippen LogP contribution in [0.3, 0.4) is 0 Å². The Morgan fingerprint density at radius 2 is 1.85 bits per heavy atom. The maximum absolute atomic E-state index is 6.65. The van der Waals surface area contributed by atoms with E-state index in [-0.39, 0.29) is 5.38 Å². The van der Waals surface area contributed by atoms with Crippen LogP contribution in [-0.2, 0) is 0 Å². The van der Waals surface area contributed by atoms with Gasteiger partial charge in [-0.25, -0.2) is 0 Å². The highest BCUT2D eigenvalue weighted by molar-refractivity contribution is 6.31. The zero-order chi connectivity index (χ0) is 14.7. The maximum atomic E-state index is 6.65. The number of ether oxygens (including phenoxy) is 1. The van der Waals surface area contributed by atoms with Gasteiger partial charge in [0, 0.05) is 10.6 Å². The first-order valence-electron chi connectivity index (χ1n) is 6.66. The highest BCUT2D eigenvalue weighted by Crippen LogP contribution is 2.36. The van der Waals surface area contributed by atoms with Crippen molar-refractivity contribution in [1.82, 2.24) is 0 Å². The molecule has 106 valence electrons. The molecular weight excluding hydrogens is 291 g/mol. The third kappa shape index (κ3) is 3.28. The van der Waals surface area contributed by atoms with Gasteiger partial charge in [-0.3, -0.25) is 0 Å². The molecule has 2 rings (SSSR count). The molecule has 0 radical (unpaired) electrons. The van der Waals surface area contributed by atoms with Crippen LogP contribution < -0.4 is 4.74 Å². The molecule has 0 bridgehead atoms. The Morgan fingerprint density at radius 1 is 1.10 bits per heavy atom. The molecule has 1 unspecified atom stereocenters. The minimum Gasteiger partial charge on any atom is -0.494 e. The Kier molecular flexibility index (Phi) is 4.95. The van der Waals surface area contributed by atoms with E-state index in [9.17, 15) is 0 Å². The summed E-state index contributed by atoms with van der Waals surface area (Å²) < 4.78 is 5.68. The third-order valence-electron chi connectivity index (χ3n) is 3.21. The summed E-state index contributed by atoms with van der Waals surface area (Å²) in [7, 11) is 0. The van der Waals surface area contributed by atoms with Gasteiger partial charge in [0.25, 0.3) is 0 Å². The number of aryl methyl sites for hydroxylation is 2. The lowest BCUT2D eigenvalue weighted by molar-refractivity contribution is 0.337. The SMILES string of the molecule is CCOc1ccc(C)cc1C(Cl)c1ccc(Cl)c(C)c1. The number of alkyl halides is 1. The van der Waals surface area contributed by atoms with Crippen LogP contribution >= 0.6 is 23.2 Å². The van der Waals surface area contributed by atoms with E-state index in [2.05, 4.69) is 13.0 Å². The molecule has 3 heteroatoms. The van der Waals surface area contributed by atoms with E-state index in [1.807, 2.05) is 44.2 Å². The van der Waals surface area contributed by atoms with Crippen molar-refractivity contribution in [3.05, 3.63) is 63.7 Å². The minimum atomic E-state index is -0.243. The van der Waals surface area contributed by atoms with E-state index in [0.717, 1.165) is 27.5 Å². The second kappa shape index (κ2) is 6.51. The van der Waals surface area contributed by atoms with Crippen molar-refractivity contribution in [2.24, 2.45) is 0 Å². The summed E-state index contributed by atoms with van der Waals surface area (Å²) in [6, 6.07) is 12.0. The molecule has 0 amide bonds. The predicted octanol–water partition coefficient (Wildman–Crippen LogP) is 5.68. The number of hydrogen-bond acceptors (Lipinski definition) is 1. The first-order chi connectivity index (χ1) is 9.52. The van der Waals surface area contributed by atoms with Gasteiger partial charge in [0.1, 0.15) is 5.75 Å². The Labute approximate surface area is 130 Å². The molecule has 2 aromatic carbocycles. The number of benzene rings is 2. The van der Waals surface area contributed by atoms with Crippen LogP contribution in [0.2, 0.25) is 5.02 Å². The van der Waals surface area contributed by atoms with E-state index in [1.54, 1.807) is 0 Å². The smallest absolute Gasteiger partial charge is 0.124 e. The van der Waals surface area contributed by atoms with E-state index < -0.39 is 0 Å². The summed E-state index contributed by atoms with van der Waals surface area (Å²) in [4.78, 5) is 0. The molecule has 1 atom stereocenters. The summed E-state index contributed by atoms with van der Waals surface area (Å²) in [6.45, 7) is 6.63. The lowest BCUT2D eigenvalue weighted by Gasteiger charge is -2.17. The molecule has 0 heterocycles. The largest absolute Gasteiger partial charge is 0.494 e. The fourth-order valence-electron chi connectivity index (χ4n) is 2.16.